The zero-order chi connectivity index (χ0) is 18.4. The summed E-state index contributed by atoms with van der Waals surface area (Å²) in [4.78, 5) is 23.6. The molecule has 1 amide bonds. The van der Waals surface area contributed by atoms with E-state index >= 15 is 0 Å². The standard InChI is InChI=1S/C19H20ClNO4/c1-12-4-7-17(14(3)8-12)24-11-19(23)25-10-18(22)21-16-9-15(20)6-5-13(16)2/h4-9H,10-11H2,1-3H3,(H,21,22). The van der Waals surface area contributed by atoms with Gasteiger partial charge in [0, 0.05) is 10.7 Å². The summed E-state index contributed by atoms with van der Waals surface area (Å²) in [5, 5.41) is 3.17. The highest BCUT2D eigenvalue weighted by Gasteiger charge is 2.11. The lowest BCUT2D eigenvalue weighted by Crippen LogP contribution is -2.24. The molecule has 2 aromatic rings. The molecule has 0 aromatic heterocycles. The Labute approximate surface area is 151 Å². The van der Waals surface area contributed by atoms with Crippen LogP contribution in [0.15, 0.2) is 36.4 Å². The number of ether oxygens (including phenoxy) is 2. The predicted octanol–water partition coefficient (Wildman–Crippen LogP) is 3.83. The number of carbonyl (C=O) groups is 2. The maximum Gasteiger partial charge on any atom is 0.344 e. The summed E-state index contributed by atoms with van der Waals surface area (Å²) in [6.45, 7) is 5.07. The monoisotopic (exact) mass is 361 g/mol. The van der Waals surface area contributed by atoms with Crippen LogP contribution in [0.3, 0.4) is 0 Å². The molecule has 25 heavy (non-hydrogen) atoms. The Balaban J connectivity index is 1.79. The van der Waals surface area contributed by atoms with Crippen molar-refractivity contribution in [2.45, 2.75) is 20.8 Å². The summed E-state index contributed by atoms with van der Waals surface area (Å²) in [5.74, 6) is -0.440. The molecular formula is C19H20ClNO4. The molecule has 2 aromatic carbocycles. The van der Waals surface area contributed by atoms with Gasteiger partial charge in [0.25, 0.3) is 5.91 Å². The fraction of sp³-hybridized carbons (Fsp3) is 0.263. The van der Waals surface area contributed by atoms with E-state index in [9.17, 15) is 9.59 Å². The minimum atomic E-state index is -0.613. The molecule has 132 valence electrons. The van der Waals surface area contributed by atoms with Gasteiger partial charge in [0.1, 0.15) is 5.75 Å². The summed E-state index contributed by atoms with van der Waals surface area (Å²) in [6, 6.07) is 10.8. The van der Waals surface area contributed by atoms with E-state index in [0.29, 0.717) is 16.5 Å². The number of hydrogen-bond acceptors (Lipinski definition) is 4. The van der Waals surface area contributed by atoms with Crippen LogP contribution in [-0.4, -0.2) is 25.1 Å². The van der Waals surface area contributed by atoms with Gasteiger partial charge < -0.3 is 14.8 Å². The normalized spacial score (nSPS) is 10.2. The van der Waals surface area contributed by atoms with Crippen LogP contribution in [0.1, 0.15) is 16.7 Å². The molecule has 1 N–H and O–H groups in total. The molecule has 0 bridgehead atoms. The highest BCUT2D eigenvalue weighted by molar-refractivity contribution is 6.31. The Bertz CT molecular complexity index is 789. The largest absolute Gasteiger partial charge is 0.482 e. The maximum atomic E-state index is 11.9. The first-order chi connectivity index (χ1) is 11.8. The minimum absolute atomic E-state index is 0.257. The minimum Gasteiger partial charge on any atom is -0.482 e. The Morgan fingerprint density at radius 2 is 1.76 bits per heavy atom. The van der Waals surface area contributed by atoms with E-state index in [4.69, 9.17) is 21.1 Å². The number of nitrogens with one attached hydrogen (secondary N) is 1. The number of aryl methyl sites for hydroxylation is 3. The first-order valence-corrected chi connectivity index (χ1v) is 8.14. The van der Waals surface area contributed by atoms with E-state index in [0.717, 1.165) is 16.7 Å². The van der Waals surface area contributed by atoms with Crippen LogP contribution >= 0.6 is 11.6 Å². The zero-order valence-corrected chi connectivity index (χ0v) is 15.1. The molecule has 0 atom stereocenters. The lowest BCUT2D eigenvalue weighted by Gasteiger charge is -2.11. The molecule has 5 nitrogen and oxygen atoms in total. The third-order valence-corrected chi connectivity index (χ3v) is 3.75. The van der Waals surface area contributed by atoms with Crippen molar-refractivity contribution in [2.24, 2.45) is 0 Å². The molecular weight excluding hydrogens is 342 g/mol. The second-order valence-electron chi connectivity index (χ2n) is 5.73. The van der Waals surface area contributed by atoms with Crippen LogP contribution in [-0.2, 0) is 14.3 Å². The van der Waals surface area contributed by atoms with Crippen molar-refractivity contribution in [1.82, 2.24) is 0 Å². The van der Waals surface area contributed by atoms with Crippen LogP contribution in [0.5, 0.6) is 5.75 Å². The van der Waals surface area contributed by atoms with Crippen LogP contribution in [0, 0.1) is 20.8 Å². The number of esters is 1. The number of hydrogen-bond donors (Lipinski definition) is 1. The summed E-state index contributed by atoms with van der Waals surface area (Å²) in [6.07, 6.45) is 0. The van der Waals surface area contributed by atoms with E-state index in [2.05, 4.69) is 5.32 Å². The van der Waals surface area contributed by atoms with Gasteiger partial charge in [0.2, 0.25) is 0 Å². The third kappa shape index (κ3) is 5.80. The fourth-order valence-corrected chi connectivity index (χ4v) is 2.37. The van der Waals surface area contributed by atoms with E-state index in [-0.39, 0.29) is 13.2 Å². The fourth-order valence-electron chi connectivity index (χ4n) is 2.20. The van der Waals surface area contributed by atoms with Gasteiger partial charge >= 0.3 is 5.97 Å². The van der Waals surface area contributed by atoms with Crippen LogP contribution < -0.4 is 10.1 Å². The molecule has 0 saturated carbocycles. The average molecular weight is 362 g/mol. The van der Waals surface area contributed by atoms with Crippen molar-refractivity contribution < 1.29 is 19.1 Å². The molecule has 6 heteroatoms. The van der Waals surface area contributed by atoms with Gasteiger partial charge in [-0.3, -0.25) is 4.79 Å². The smallest absolute Gasteiger partial charge is 0.344 e. The quantitative estimate of drug-likeness (QED) is 0.794. The first-order valence-electron chi connectivity index (χ1n) is 7.77. The molecule has 0 aliphatic carbocycles. The van der Waals surface area contributed by atoms with E-state index in [1.807, 2.05) is 32.9 Å². The van der Waals surface area contributed by atoms with Crippen LogP contribution in [0.4, 0.5) is 5.69 Å². The third-order valence-electron chi connectivity index (χ3n) is 3.51. The van der Waals surface area contributed by atoms with Gasteiger partial charge in [-0.2, -0.15) is 0 Å². The van der Waals surface area contributed by atoms with Crippen molar-refractivity contribution >= 4 is 29.2 Å². The Morgan fingerprint density at radius 3 is 2.48 bits per heavy atom. The summed E-state index contributed by atoms with van der Waals surface area (Å²) >= 11 is 5.90. The van der Waals surface area contributed by atoms with Crippen molar-refractivity contribution in [3.63, 3.8) is 0 Å². The van der Waals surface area contributed by atoms with Crippen molar-refractivity contribution in [2.75, 3.05) is 18.5 Å². The first kappa shape index (κ1) is 18.8. The molecule has 2 rings (SSSR count). The summed E-state index contributed by atoms with van der Waals surface area (Å²) in [7, 11) is 0. The molecule has 0 aliphatic heterocycles. The maximum absolute atomic E-state index is 11.9. The SMILES string of the molecule is Cc1ccc(OCC(=O)OCC(=O)Nc2cc(Cl)ccc2C)c(C)c1. The molecule has 0 unspecified atom stereocenters. The lowest BCUT2D eigenvalue weighted by molar-refractivity contribution is -0.149. The van der Waals surface area contributed by atoms with Crippen LogP contribution in [0.25, 0.3) is 0 Å². The molecule has 0 radical (unpaired) electrons. The number of carbonyl (C=O) groups excluding carboxylic acids is 2. The van der Waals surface area contributed by atoms with Gasteiger partial charge in [0.15, 0.2) is 13.2 Å². The second-order valence-corrected chi connectivity index (χ2v) is 6.16. The Hall–Kier alpha value is -2.53. The molecule has 0 heterocycles. The van der Waals surface area contributed by atoms with E-state index < -0.39 is 11.9 Å². The average Bonchev–Trinajstić information content (AvgIpc) is 2.55. The molecule has 0 saturated heterocycles. The van der Waals surface area contributed by atoms with Crippen molar-refractivity contribution in [1.29, 1.82) is 0 Å². The van der Waals surface area contributed by atoms with Crippen molar-refractivity contribution in [3.8, 4) is 5.75 Å². The number of amides is 1. The highest BCUT2D eigenvalue weighted by Crippen LogP contribution is 2.20. The lowest BCUT2D eigenvalue weighted by atomic mass is 10.1. The summed E-state index contributed by atoms with van der Waals surface area (Å²) < 4.78 is 10.3. The van der Waals surface area contributed by atoms with Gasteiger partial charge in [-0.25, -0.2) is 4.79 Å². The molecule has 0 spiro atoms. The predicted molar refractivity (Wildman–Crippen MR) is 97.2 cm³/mol. The van der Waals surface area contributed by atoms with E-state index in [1.54, 1.807) is 24.3 Å². The number of benzene rings is 2. The van der Waals surface area contributed by atoms with E-state index in [1.165, 1.54) is 0 Å². The Kier molecular flexibility index (Phi) is 6.42. The Morgan fingerprint density at radius 1 is 1.00 bits per heavy atom. The number of rotatable bonds is 6. The second kappa shape index (κ2) is 8.53. The van der Waals surface area contributed by atoms with Gasteiger partial charge in [-0.1, -0.05) is 35.4 Å². The summed E-state index contributed by atoms with van der Waals surface area (Å²) in [5.41, 5.74) is 3.49. The highest BCUT2D eigenvalue weighted by atomic mass is 35.5. The van der Waals surface area contributed by atoms with Gasteiger partial charge in [-0.05, 0) is 50.1 Å². The molecule has 0 aliphatic rings. The zero-order valence-electron chi connectivity index (χ0n) is 14.4. The van der Waals surface area contributed by atoms with Gasteiger partial charge in [0.05, 0.1) is 0 Å². The van der Waals surface area contributed by atoms with Gasteiger partial charge in [-0.15, -0.1) is 0 Å². The topological polar surface area (TPSA) is 64.6 Å². The van der Waals surface area contributed by atoms with Crippen LogP contribution in [0.2, 0.25) is 5.02 Å². The van der Waals surface area contributed by atoms with Crippen molar-refractivity contribution in [3.05, 3.63) is 58.1 Å². The molecule has 0 fully saturated rings. The number of anilines is 1. The number of halogens is 1.